The minimum absolute atomic E-state index is 0.00175. The number of esters is 2. The molecule has 1 saturated heterocycles. The van der Waals surface area contributed by atoms with Crippen LogP contribution in [0.5, 0.6) is 5.75 Å². The largest absolute Gasteiger partial charge is 0.465 e. The third kappa shape index (κ3) is 5.88. The maximum atomic E-state index is 13.1. The third-order valence-electron chi connectivity index (χ3n) is 6.92. The molecule has 0 unspecified atom stereocenters. The van der Waals surface area contributed by atoms with E-state index in [2.05, 4.69) is 20.5 Å². The van der Waals surface area contributed by atoms with E-state index in [0.717, 1.165) is 28.2 Å². The molecule has 1 N–H and O–H groups in total. The molecule has 0 amide bonds. The summed E-state index contributed by atoms with van der Waals surface area (Å²) in [5, 5.41) is 9.14. The van der Waals surface area contributed by atoms with Crippen LogP contribution in [-0.2, 0) is 19.6 Å². The number of carbonyl (C=O) groups excluding carboxylic acids is 2. The second-order valence-electron chi connectivity index (χ2n) is 9.36. The van der Waals surface area contributed by atoms with Crippen molar-refractivity contribution >= 4 is 49.2 Å². The van der Waals surface area contributed by atoms with Gasteiger partial charge in [0.1, 0.15) is 6.61 Å². The van der Waals surface area contributed by atoms with Gasteiger partial charge in [-0.15, -0.1) is 11.3 Å². The van der Waals surface area contributed by atoms with Gasteiger partial charge in [0, 0.05) is 31.0 Å². The van der Waals surface area contributed by atoms with Crippen molar-refractivity contribution < 1.29 is 32.6 Å². The standard InChI is InChI=1S/C29H27BrN2O7S2/c1-38-29(35)28-26(39-24(34)18-33)25(30)27(40-28)20-8-5-7-19(17-20)23-11-6-14-32(23)21-12-15-31(16-13-21)41(36,37)22-9-3-2-4-10-22/h2-11,14,17,21,33H,12-13,15-16,18H2,1H3. The predicted molar refractivity (Wildman–Crippen MR) is 158 cm³/mol. The molecule has 0 bridgehead atoms. The van der Waals surface area contributed by atoms with Gasteiger partial charge in [0.05, 0.1) is 21.4 Å². The number of sulfonamides is 1. The van der Waals surface area contributed by atoms with Gasteiger partial charge < -0.3 is 19.1 Å². The summed E-state index contributed by atoms with van der Waals surface area (Å²) in [5.41, 5.74) is 2.69. The van der Waals surface area contributed by atoms with Crippen LogP contribution in [0.1, 0.15) is 28.6 Å². The van der Waals surface area contributed by atoms with Gasteiger partial charge in [0.15, 0.2) is 10.6 Å². The van der Waals surface area contributed by atoms with Crippen LogP contribution >= 0.6 is 27.3 Å². The average Bonchev–Trinajstić information content (AvgIpc) is 3.62. The Morgan fingerprint density at radius 1 is 1.02 bits per heavy atom. The van der Waals surface area contributed by atoms with Crippen LogP contribution in [0.4, 0.5) is 0 Å². The molecule has 5 rings (SSSR count). The molecule has 2 aromatic heterocycles. The Labute approximate surface area is 250 Å². The molecule has 0 radical (unpaired) electrons. The minimum atomic E-state index is -3.53. The smallest absolute Gasteiger partial charge is 0.351 e. The minimum Gasteiger partial charge on any atom is -0.465 e. The van der Waals surface area contributed by atoms with E-state index in [0.29, 0.717) is 40.2 Å². The first-order valence-electron chi connectivity index (χ1n) is 12.8. The van der Waals surface area contributed by atoms with Crippen LogP contribution in [0.15, 0.2) is 82.3 Å². The van der Waals surface area contributed by atoms with E-state index >= 15 is 0 Å². The normalized spacial score (nSPS) is 14.6. The van der Waals surface area contributed by atoms with Crippen LogP contribution in [0.25, 0.3) is 21.7 Å². The second kappa shape index (κ2) is 12.3. The Morgan fingerprint density at radius 3 is 2.41 bits per heavy atom. The fraction of sp³-hybridized carbons (Fsp3) is 0.241. The van der Waals surface area contributed by atoms with E-state index in [1.165, 1.54) is 7.11 Å². The Bertz CT molecular complexity index is 1670. The molecular weight excluding hydrogens is 632 g/mol. The van der Waals surface area contributed by atoms with Crippen molar-refractivity contribution in [2.45, 2.75) is 23.8 Å². The summed E-state index contributed by atoms with van der Waals surface area (Å²) < 4.78 is 40.4. The zero-order valence-corrected chi connectivity index (χ0v) is 25.2. The summed E-state index contributed by atoms with van der Waals surface area (Å²) in [6, 6.07) is 20.4. The Balaban J connectivity index is 1.40. The van der Waals surface area contributed by atoms with Crippen molar-refractivity contribution in [2.75, 3.05) is 26.8 Å². The average molecular weight is 660 g/mol. The van der Waals surface area contributed by atoms with Gasteiger partial charge in [-0.25, -0.2) is 18.0 Å². The molecule has 9 nitrogen and oxygen atoms in total. The number of rotatable bonds is 8. The number of thiophene rings is 1. The molecule has 12 heteroatoms. The van der Waals surface area contributed by atoms with E-state index in [9.17, 15) is 18.0 Å². The fourth-order valence-electron chi connectivity index (χ4n) is 4.92. The number of aliphatic hydroxyl groups excluding tert-OH is 1. The topological polar surface area (TPSA) is 115 Å². The van der Waals surface area contributed by atoms with Crippen molar-refractivity contribution in [2.24, 2.45) is 0 Å². The molecule has 2 aromatic carbocycles. The van der Waals surface area contributed by atoms with Crippen molar-refractivity contribution in [1.82, 2.24) is 8.87 Å². The zero-order valence-electron chi connectivity index (χ0n) is 22.0. The molecule has 214 valence electrons. The quantitative estimate of drug-likeness (QED) is 0.254. The molecule has 1 aliphatic rings. The third-order valence-corrected chi connectivity index (χ3v) is 11.1. The number of carbonyl (C=O) groups is 2. The molecule has 4 aromatic rings. The first-order chi connectivity index (χ1) is 19.7. The molecule has 1 aliphatic heterocycles. The number of methoxy groups -OCH3 is 1. The van der Waals surface area contributed by atoms with Gasteiger partial charge in [-0.3, -0.25) is 0 Å². The molecule has 41 heavy (non-hydrogen) atoms. The lowest BCUT2D eigenvalue weighted by Crippen LogP contribution is -2.39. The lowest BCUT2D eigenvalue weighted by molar-refractivity contribution is -0.137. The SMILES string of the molecule is COC(=O)c1sc(-c2cccc(-c3cccn3C3CCN(S(=O)(=O)c4ccccc4)CC3)c2)c(Br)c1OC(=O)CO. The van der Waals surface area contributed by atoms with Gasteiger partial charge in [-0.2, -0.15) is 4.31 Å². The first-order valence-corrected chi connectivity index (χ1v) is 15.8. The predicted octanol–water partition coefficient (Wildman–Crippen LogP) is 5.36. The van der Waals surface area contributed by atoms with E-state index in [1.807, 2.05) is 42.6 Å². The van der Waals surface area contributed by atoms with Gasteiger partial charge in [-0.1, -0.05) is 36.4 Å². The van der Waals surface area contributed by atoms with E-state index < -0.39 is 28.6 Å². The molecular formula is C29H27BrN2O7S2. The Hall–Kier alpha value is -3.29. The molecule has 3 heterocycles. The summed E-state index contributed by atoms with van der Waals surface area (Å²) in [5.74, 6) is -1.55. The van der Waals surface area contributed by atoms with Crippen LogP contribution in [0.2, 0.25) is 0 Å². The van der Waals surface area contributed by atoms with Gasteiger partial charge in [0.2, 0.25) is 10.0 Å². The van der Waals surface area contributed by atoms with Crippen molar-refractivity contribution in [1.29, 1.82) is 0 Å². The molecule has 0 atom stereocenters. The number of aliphatic hydroxyl groups is 1. The van der Waals surface area contributed by atoms with Crippen LogP contribution in [0.3, 0.4) is 0 Å². The van der Waals surface area contributed by atoms with Crippen LogP contribution in [0, 0.1) is 0 Å². The highest BCUT2D eigenvalue weighted by molar-refractivity contribution is 9.10. The highest BCUT2D eigenvalue weighted by Gasteiger charge is 2.31. The van der Waals surface area contributed by atoms with Crippen molar-refractivity contribution in [3.8, 4) is 27.4 Å². The highest BCUT2D eigenvalue weighted by Crippen LogP contribution is 2.46. The number of aromatic nitrogens is 1. The summed E-state index contributed by atoms with van der Waals surface area (Å²) in [4.78, 5) is 25.3. The summed E-state index contributed by atoms with van der Waals surface area (Å²) in [7, 11) is -2.29. The highest BCUT2D eigenvalue weighted by atomic mass is 79.9. The second-order valence-corrected chi connectivity index (χ2v) is 13.1. The van der Waals surface area contributed by atoms with E-state index in [-0.39, 0.29) is 16.7 Å². The number of benzene rings is 2. The van der Waals surface area contributed by atoms with E-state index in [1.54, 1.807) is 34.6 Å². The van der Waals surface area contributed by atoms with Crippen molar-refractivity contribution in [3.63, 3.8) is 0 Å². The first kappa shape index (κ1) is 29.2. The Morgan fingerprint density at radius 2 is 1.73 bits per heavy atom. The zero-order chi connectivity index (χ0) is 29.1. The number of hydrogen-bond donors (Lipinski definition) is 1. The number of halogens is 1. The number of nitrogens with zero attached hydrogens (tertiary/aromatic N) is 2. The maximum absolute atomic E-state index is 13.1. The van der Waals surface area contributed by atoms with E-state index in [4.69, 9.17) is 14.6 Å². The van der Waals surface area contributed by atoms with Gasteiger partial charge in [-0.05, 0) is 70.2 Å². The van der Waals surface area contributed by atoms with Crippen LogP contribution < -0.4 is 4.74 Å². The maximum Gasteiger partial charge on any atom is 0.351 e. The summed E-state index contributed by atoms with van der Waals surface area (Å²) in [6.07, 6.45) is 3.36. The van der Waals surface area contributed by atoms with Crippen LogP contribution in [-0.4, -0.2) is 61.1 Å². The van der Waals surface area contributed by atoms with Gasteiger partial charge in [0.25, 0.3) is 0 Å². The number of piperidine rings is 1. The molecule has 0 aliphatic carbocycles. The lowest BCUT2D eigenvalue weighted by atomic mass is 10.0. The lowest BCUT2D eigenvalue weighted by Gasteiger charge is -2.33. The summed E-state index contributed by atoms with van der Waals surface area (Å²) >= 11 is 4.58. The molecule has 1 fully saturated rings. The summed E-state index contributed by atoms with van der Waals surface area (Å²) in [6.45, 7) is 0.0164. The Kier molecular flexibility index (Phi) is 8.76. The molecule has 0 spiro atoms. The molecule has 0 saturated carbocycles. The fourth-order valence-corrected chi connectivity index (χ4v) is 8.33. The monoisotopic (exact) mass is 658 g/mol. The number of hydrogen-bond acceptors (Lipinski definition) is 8. The van der Waals surface area contributed by atoms with Gasteiger partial charge >= 0.3 is 11.9 Å². The van der Waals surface area contributed by atoms with Crippen molar-refractivity contribution in [3.05, 3.63) is 82.3 Å². The number of ether oxygens (including phenoxy) is 2.